The van der Waals surface area contributed by atoms with E-state index in [1.165, 1.54) is 6.08 Å². The van der Waals surface area contributed by atoms with Gasteiger partial charge in [0.15, 0.2) is 0 Å². The molecule has 0 aliphatic heterocycles. The normalized spacial score (nSPS) is 25.5. The summed E-state index contributed by atoms with van der Waals surface area (Å²) < 4.78 is 0. The molecule has 0 saturated carbocycles. The molecule has 0 aromatic carbocycles. The first-order valence-electron chi connectivity index (χ1n) is 4.34. The molecule has 0 radical (unpaired) electrons. The number of carbonyl (C=O) groups is 3. The summed E-state index contributed by atoms with van der Waals surface area (Å²) in [5.74, 6) is -6.65. The van der Waals surface area contributed by atoms with E-state index in [2.05, 4.69) is 0 Å². The molecule has 0 aromatic rings. The molecule has 0 aromatic heterocycles. The second-order valence-corrected chi connectivity index (χ2v) is 3.30. The second kappa shape index (κ2) is 4.12. The maximum absolute atomic E-state index is 10.8. The van der Waals surface area contributed by atoms with Crippen LogP contribution in [0.3, 0.4) is 0 Å². The number of aliphatic carboxylic acids is 3. The Kier molecular flexibility index (Phi) is 3.08. The van der Waals surface area contributed by atoms with Crippen LogP contribution in [0.1, 0.15) is 12.8 Å². The Balaban J connectivity index is 3.08. The summed E-state index contributed by atoms with van der Waals surface area (Å²) >= 11 is 0. The fraction of sp³-hybridized carbons (Fsp3) is 0.444. The van der Waals surface area contributed by atoms with Gasteiger partial charge in [0.25, 0.3) is 0 Å². The Labute approximate surface area is 84.8 Å². The van der Waals surface area contributed by atoms with Gasteiger partial charge in [-0.2, -0.15) is 0 Å². The largest absolute Gasteiger partial charge is 0.481 e. The molecule has 1 rings (SSSR count). The molecule has 15 heavy (non-hydrogen) atoms. The van der Waals surface area contributed by atoms with Crippen LogP contribution in [0, 0.1) is 11.8 Å². The van der Waals surface area contributed by atoms with E-state index in [-0.39, 0.29) is 18.4 Å². The van der Waals surface area contributed by atoms with Gasteiger partial charge in [-0.25, -0.2) is 4.79 Å². The number of hydrogen-bond acceptors (Lipinski definition) is 3. The predicted molar refractivity (Wildman–Crippen MR) is 47.2 cm³/mol. The average molecular weight is 214 g/mol. The zero-order valence-electron chi connectivity index (χ0n) is 7.71. The molecule has 3 N–H and O–H groups in total. The molecular formula is C9H10O6. The van der Waals surface area contributed by atoms with Crippen molar-refractivity contribution in [1.82, 2.24) is 0 Å². The van der Waals surface area contributed by atoms with E-state index in [0.717, 1.165) is 0 Å². The van der Waals surface area contributed by atoms with Gasteiger partial charge in [0.05, 0.1) is 5.92 Å². The fourth-order valence-electron chi connectivity index (χ4n) is 1.72. The Hall–Kier alpha value is -1.85. The molecule has 1 aliphatic rings. The molecule has 0 spiro atoms. The van der Waals surface area contributed by atoms with Crippen LogP contribution in [0.5, 0.6) is 0 Å². The van der Waals surface area contributed by atoms with Crippen molar-refractivity contribution in [2.24, 2.45) is 11.8 Å². The van der Waals surface area contributed by atoms with Gasteiger partial charge in [0, 0.05) is 5.57 Å². The second-order valence-electron chi connectivity index (χ2n) is 3.30. The van der Waals surface area contributed by atoms with Crippen LogP contribution < -0.4 is 0 Å². The lowest BCUT2D eigenvalue weighted by molar-refractivity contribution is -0.154. The fourth-order valence-corrected chi connectivity index (χ4v) is 1.72. The van der Waals surface area contributed by atoms with Crippen molar-refractivity contribution in [2.75, 3.05) is 0 Å². The Morgan fingerprint density at radius 1 is 1.13 bits per heavy atom. The topological polar surface area (TPSA) is 112 Å². The third kappa shape index (κ3) is 2.15. The highest BCUT2D eigenvalue weighted by Gasteiger charge is 2.40. The number of allylic oxidation sites excluding steroid dienone is 1. The highest BCUT2D eigenvalue weighted by atomic mass is 16.4. The molecule has 2 atom stereocenters. The SMILES string of the molecule is O=C(O)C1=CCCC(C(=O)O)C1C(=O)O. The first-order chi connectivity index (χ1) is 6.95. The van der Waals surface area contributed by atoms with Gasteiger partial charge in [-0.15, -0.1) is 0 Å². The van der Waals surface area contributed by atoms with Gasteiger partial charge in [-0.1, -0.05) is 6.08 Å². The molecule has 82 valence electrons. The van der Waals surface area contributed by atoms with Crippen molar-refractivity contribution in [3.63, 3.8) is 0 Å². The van der Waals surface area contributed by atoms with Gasteiger partial charge in [-0.05, 0) is 12.8 Å². The highest BCUT2D eigenvalue weighted by Crippen LogP contribution is 2.31. The van der Waals surface area contributed by atoms with Crippen LogP contribution in [0.2, 0.25) is 0 Å². The van der Waals surface area contributed by atoms with Crippen molar-refractivity contribution >= 4 is 17.9 Å². The summed E-state index contributed by atoms with van der Waals surface area (Å²) in [5, 5.41) is 26.3. The van der Waals surface area contributed by atoms with E-state index in [1.807, 2.05) is 0 Å². The van der Waals surface area contributed by atoms with Crippen molar-refractivity contribution in [1.29, 1.82) is 0 Å². The Morgan fingerprint density at radius 3 is 2.13 bits per heavy atom. The van der Waals surface area contributed by atoms with E-state index in [1.54, 1.807) is 0 Å². The van der Waals surface area contributed by atoms with Gasteiger partial charge >= 0.3 is 17.9 Å². The van der Waals surface area contributed by atoms with Gasteiger partial charge < -0.3 is 15.3 Å². The predicted octanol–water partition coefficient (Wildman–Crippen LogP) is 0.193. The first kappa shape index (κ1) is 11.2. The lowest BCUT2D eigenvalue weighted by Gasteiger charge is -2.24. The zero-order valence-corrected chi connectivity index (χ0v) is 7.71. The smallest absolute Gasteiger partial charge is 0.332 e. The number of carboxylic acid groups (broad SMARTS) is 3. The molecule has 0 heterocycles. The summed E-state index contributed by atoms with van der Waals surface area (Å²) in [5.41, 5.74) is -0.332. The average Bonchev–Trinajstić information content (AvgIpc) is 2.16. The quantitative estimate of drug-likeness (QED) is 0.618. The van der Waals surface area contributed by atoms with Crippen LogP contribution in [-0.2, 0) is 14.4 Å². The van der Waals surface area contributed by atoms with Crippen molar-refractivity contribution < 1.29 is 29.7 Å². The minimum absolute atomic E-state index is 0.156. The standard InChI is InChI=1S/C9H10O6/c10-7(11)4-2-1-3-5(8(12)13)6(4)9(14)15/h2,5-6H,1,3H2,(H,10,11)(H,12,13)(H,14,15). The third-order valence-corrected chi connectivity index (χ3v) is 2.41. The van der Waals surface area contributed by atoms with E-state index >= 15 is 0 Å². The summed E-state index contributed by atoms with van der Waals surface area (Å²) in [6.45, 7) is 0. The van der Waals surface area contributed by atoms with Crippen LogP contribution in [0.15, 0.2) is 11.6 Å². The summed E-state index contributed by atoms with van der Waals surface area (Å²) in [7, 11) is 0. The summed E-state index contributed by atoms with van der Waals surface area (Å²) in [6.07, 6.45) is 1.71. The molecule has 0 bridgehead atoms. The maximum Gasteiger partial charge on any atom is 0.332 e. The van der Waals surface area contributed by atoms with E-state index in [9.17, 15) is 14.4 Å². The summed E-state index contributed by atoms with van der Waals surface area (Å²) in [4.78, 5) is 32.3. The molecule has 0 saturated heterocycles. The number of rotatable bonds is 3. The van der Waals surface area contributed by atoms with Crippen LogP contribution in [-0.4, -0.2) is 33.2 Å². The van der Waals surface area contributed by atoms with Gasteiger partial charge in [0.2, 0.25) is 0 Å². The third-order valence-electron chi connectivity index (χ3n) is 2.41. The van der Waals surface area contributed by atoms with Crippen LogP contribution in [0.4, 0.5) is 0 Å². The summed E-state index contributed by atoms with van der Waals surface area (Å²) in [6, 6.07) is 0. The van der Waals surface area contributed by atoms with E-state index in [4.69, 9.17) is 15.3 Å². The molecule has 1 aliphatic carbocycles. The zero-order chi connectivity index (χ0) is 11.6. The van der Waals surface area contributed by atoms with Gasteiger partial charge in [-0.3, -0.25) is 9.59 Å². The first-order valence-corrected chi connectivity index (χ1v) is 4.34. The highest BCUT2D eigenvalue weighted by molar-refractivity contribution is 5.96. The molecule has 0 fully saturated rings. The lowest BCUT2D eigenvalue weighted by Crippen LogP contribution is -2.35. The van der Waals surface area contributed by atoms with Crippen molar-refractivity contribution in [3.8, 4) is 0 Å². The maximum atomic E-state index is 10.8. The minimum Gasteiger partial charge on any atom is -0.481 e. The van der Waals surface area contributed by atoms with Gasteiger partial charge in [0.1, 0.15) is 5.92 Å². The molecule has 2 unspecified atom stereocenters. The molecular weight excluding hydrogens is 204 g/mol. The number of hydrogen-bond donors (Lipinski definition) is 3. The monoisotopic (exact) mass is 214 g/mol. The number of carboxylic acids is 3. The molecule has 6 heteroatoms. The Bertz CT molecular complexity index is 343. The van der Waals surface area contributed by atoms with Crippen molar-refractivity contribution in [2.45, 2.75) is 12.8 Å². The molecule has 6 nitrogen and oxygen atoms in total. The van der Waals surface area contributed by atoms with E-state index in [0.29, 0.717) is 0 Å². The van der Waals surface area contributed by atoms with Crippen LogP contribution >= 0.6 is 0 Å². The lowest BCUT2D eigenvalue weighted by atomic mass is 9.78. The Morgan fingerprint density at radius 2 is 1.73 bits per heavy atom. The minimum atomic E-state index is -1.45. The molecule has 0 amide bonds. The van der Waals surface area contributed by atoms with E-state index < -0.39 is 29.7 Å². The van der Waals surface area contributed by atoms with Crippen molar-refractivity contribution in [3.05, 3.63) is 11.6 Å². The van der Waals surface area contributed by atoms with Crippen LogP contribution in [0.25, 0.3) is 0 Å².